The smallest absolute Gasteiger partial charge is 0.267 e. The van der Waals surface area contributed by atoms with Gasteiger partial charge in [-0.1, -0.05) is 49.1 Å². The van der Waals surface area contributed by atoms with Gasteiger partial charge in [-0.15, -0.1) is 10.2 Å². The largest absolute Gasteiger partial charge is 0.478 e. The van der Waals surface area contributed by atoms with E-state index in [0.717, 1.165) is 16.5 Å². The lowest BCUT2D eigenvalue weighted by Crippen LogP contribution is -2.32. The number of nitrogens with zero attached hydrogens (tertiary/aromatic N) is 2. The highest BCUT2D eigenvalue weighted by atomic mass is 32.2. The van der Waals surface area contributed by atoms with Crippen molar-refractivity contribution in [1.82, 2.24) is 10.2 Å². The fourth-order valence-corrected chi connectivity index (χ4v) is 3.39. The first-order chi connectivity index (χ1) is 11.1. The molecule has 0 saturated carbocycles. The third-order valence-corrected chi connectivity index (χ3v) is 5.01. The molecule has 1 amide bonds. The van der Waals surface area contributed by atoms with Gasteiger partial charge in [0.15, 0.2) is 22.0 Å². The van der Waals surface area contributed by atoms with Crippen molar-refractivity contribution >= 4 is 34.1 Å². The fourth-order valence-electron chi connectivity index (χ4n) is 1.71. The van der Waals surface area contributed by atoms with Crippen LogP contribution in [0.25, 0.3) is 0 Å². The van der Waals surface area contributed by atoms with Gasteiger partial charge >= 0.3 is 0 Å². The number of carbonyl (C=O) groups is 1. The molecule has 0 spiro atoms. The second kappa shape index (κ2) is 8.83. The Morgan fingerprint density at radius 2 is 2.17 bits per heavy atom. The molecule has 23 heavy (non-hydrogen) atoms. The number of benzene rings is 1. The summed E-state index contributed by atoms with van der Waals surface area (Å²) < 4.78 is 19.9. The molecular weight excluding hydrogens is 337 g/mol. The molecule has 1 aromatic heterocycles. The number of rotatable bonds is 8. The molecule has 8 heteroatoms. The molecule has 2 aromatic rings. The molecule has 0 aliphatic heterocycles. The average Bonchev–Trinajstić information content (AvgIpc) is 2.99. The number of aromatic nitrogens is 2. The molecular formula is C15H18FN3O2S2. The van der Waals surface area contributed by atoms with E-state index in [2.05, 4.69) is 22.4 Å². The Kier molecular flexibility index (Phi) is 6.79. The zero-order valence-corrected chi connectivity index (χ0v) is 14.5. The minimum Gasteiger partial charge on any atom is -0.478 e. The molecule has 0 radical (unpaired) electrons. The number of nitrogens with one attached hydrogen (secondary N) is 1. The number of thioether (sulfide) groups is 1. The molecule has 5 nitrogen and oxygen atoms in total. The van der Waals surface area contributed by atoms with E-state index in [0.29, 0.717) is 11.6 Å². The minimum atomic E-state index is -0.789. The number of amides is 1. The minimum absolute atomic E-state index is 0.0611. The van der Waals surface area contributed by atoms with Crippen molar-refractivity contribution in [3.05, 3.63) is 30.1 Å². The lowest BCUT2D eigenvalue weighted by molar-refractivity contribution is -0.122. The molecule has 1 N–H and O–H groups in total. The molecule has 1 heterocycles. The molecule has 1 aromatic carbocycles. The van der Waals surface area contributed by atoms with E-state index in [1.54, 1.807) is 30.8 Å². The molecule has 0 fully saturated rings. The zero-order chi connectivity index (χ0) is 16.7. The van der Waals surface area contributed by atoms with Crippen molar-refractivity contribution in [2.24, 2.45) is 0 Å². The fraction of sp³-hybridized carbons (Fsp3) is 0.400. The first-order valence-electron chi connectivity index (χ1n) is 7.32. The normalized spacial score (nSPS) is 12.0. The van der Waals surface area contributed by atoms with Crippen LogP contribution in [0.5, 0.6) is 5.75 Å². The standard InChI is InChI=1S/C15H18FN3O2S2/c1-3-9-22-15-19-18-14(23-15)17-13(20)11(4-2)21-12-8-6-5-7-10(12)16/h5-8,11H,3-4,9H2,1-2H3,(H,17,18,20). The van der Waals surface area contributed by atoms with Gasteiger partial charge in [-0.05, 0) is 25.0 Å². The number of hydrogen-bond donors (Lipinski definition) is 1. The van der Waals surface area contributed by atoms with Gasteiger partial charge in [0.2, 0.25) is 5.13 Å². The Morgan fingerprint density at radius 1 is 1.39 bits per heavy atom. The van der Waals surface area contributed by atoms with Gasteiger partial charge in [0, 0.05) is 5.75 Å². The maximum absolute atomic E-state index is 13.6. The summed E-state index contributed by atoms with van der Waals surface area (Å²) in [5.74, 6) is 0.161. The summed E-state index contributed by atoms with van der Waals surface area (Å²) in [6.07, 6.45) is 0.666. The lowest BCUT2D eigenvalue weighted by Gasteiger charge is -2.16. The van der Waals surface area contributed by atoms with Crippen LogP contribution in [0.1, 0.15) is 26.7 Å². The molecule has 1 atom stereocenters. The summed E-state index contributed by atoms with van der Waals surface area (Å²) in [6.45, 7) is 3.89. The summed E-state index contributed by atoms with van der Waals surface area (Å²) in [7, 11) is 0. The van der Waals surface area contributed by atoms with Crippen molar-refractivity contribution in [2.45, 2.75) is 37.1 Å². The Labute approximate surface area is 142 Å². The van der Waals surface area contributed by atoms with Crippen molar-refractivity contribution in [2.75, 3.05) is 11.1 Å². The highest BCUT2D eigenvalue weighted by Crippen LogP contribution is 2.26. The van der Waals surface area contributed by atoms with E-state index in [-0.39, 0.29) is 11.7 Å². The van der Waals surface area contributed by atoms with Gasteiger partial charge in [0.1, 0.15) is 0 Å². The highest BCUT2D eigenvalue weighted by molar-refractivity contribution is 8.01. The van der Waals surface area contributed by atoms with Crippen LogP contribution in [0.15, 0.2) is 28.6 Å². The van der Waals surface area contributed by atoms with Gasteiger partial charge in [0.25, 0.3) is 5.91 Å². The van der Waals surface area contributed by atoms with E-state index >= 15 is 0 Å². The number of halogens is 1. The molecule has 1 unspecified atom stereocenters. The Hall–Kier alpha value is -1.67. The molecule has 0 aliphatic carbocycles. The zero-order valence-electron chi connectivity index (χ0n) is 12.9. The van der Waals surface area contributed by atoms with Crippen LogP contribution in [0.2, 0.25) is 0 Å². The third kappa shape index (κ3) is 5.18. The maximum atomic E-state index is 13.6. The van der Waals surface area contributed by atoms with Crippen LogP contribution in [0, 0.1) is 5.82 Å². The second-order valence-electron chi connectivity index (χ2n) is 4.66. The van der Waals surface area contributed by atoms with E-state index in [1.807, 2.05) is 0 Å². The Bertz CT molecular complexity index is 651. The molecule has 2 rings (SSSR count). The summed E-state index contributed by atoms with van der Waals surface area (Å²) in [6, 6.07) is 6.02. The summed E-state index contributed by atoms with van der Waals surface area (Å²) in [5, 5.41) is 11.0. The molecule has 0 bridgehead atoms. The van der Waals surface area contributed by atoms with Crippen LogP contribution in [-0.2, 0) is 4.79 Å². The third-order valence-electron chi connectivity index (χ3n) is 2.84. The van der Waals surface area contributed by atoms with E-state index in [9.17, 15) is 9.18 Å². The van der Waals surface area contributed by atoms with Crippen molar-refractivity contribution in [3.8, 4) is 5.75 Å². The number of carbonyl (C=O) groups excluding carboxylic acids is 1. The van der Waals surface area contributed by atoms with Crippen LogP contribution >= 0.6 is 23.1 Å². The molecule has 0 aliphatic rings. The van der Waals surface area contributed by atoms with Gasteiger partial charge in [0.05, 0.1) is 0 Å². The second-order valence-corrected chi connectivity index (χ2v) is 6.98. The first-order valence-corrected chi connectivity index (χ1v) is 9.12. The topological polar surface area (TPSA) is 64.1 Å². The van der Waals surface area contributed by atoms with Gasteiger partial charge in [-0.3, -0.25) is 10.1 Å². The van der Waals surface area contributed by atoms with Crippen molar-refractivity contribution in [3.63, 3.8) is 0 Å². The number of ether oxygens (including phenoxy) is 1. The average molecular weight is 355 g/mol. The maximum Gasteiger partial charge on any atom is 0.267 e. The van der Waals surface area contributed by atoms with Crippen molar-refractivity contribution < 1.29 is 13.9 Å². The van der Waals surface area contributed by atoms with E-state index in [4.69, 9.17) is 4.74 Å². The highest BCUT2D eigenvalue weighted by Gasteiger charge is 2.21. The van der Waals surface area contributed by atoms with Crippen molar-refractivity contribution in [1.29, 1.82) is 0 Å². The lowest BCUT2D eigenvalue weighted by atomic mass is 10.2. The van der Waals surface area contributed by atoms with Crippen LogP contribution in [0.3, 0.4) is 0 Å². The van der Waals surface area contributed by atoms with Gasteiger partial charge < -0.3 is 4.74 Å². The Balaban J connectivity index is 1.97. The quantitative estimate of drug-likeness (QED) is 0.573. The number of para-hydroxylation sites is 1. The predicted octanol–water partition coefficient (Wildman–Crippen LogP) is 3.98. The Morgan fingerprint density at radius 3 is 2.87 bits per heavy atom. The predicted molar refractivity (Wildman–Crippen MR) is 90.7 cm³/mol. The first kappa shape index (κ1) is 17.7. The number of anilines is 1. The summed E-state index contributed by atoms with van der Waals surface area (Å²) in [4.78, 5) is 12.3. The van der Waals surface area contributed by atoms with E-state index < -0.39 is 11.9 Å². The van der Waals surface area contributed by atoms with Crippen LogP contribution in [-0.4, -0.2) is 28.0 Å². The number of hydrogen-bond acceptors (Lipinski definition) is 6. The van der Waals surface area contributed by atoms with E-state index in [1.165, 1.54) is 23.5 Å². The van der Waals surface area contributed by atoms with Crippen LogP contribution in [0.4, 0.5) is 9.52 Å². The summed E-state index contributed by atoms with van der Waals surface area (Å²) in [5.41, 5.74) is 0. The summed E-state index contributed by atoms with van der Waals surface area (Å²) >= 11 is 2.92. The monoisotopic (exact) mass is 355 g/mol. The SMILES string of the molecule is CCCSc1nnc(NC(=O)C(CC)Oc2ccccc2F)s1. The molecule has 0 saturated heterocycles. The van der Waals surface area contributed by atoms with Gasteiger partial charge in [-0.2, -0.15) is 0 Å². The van der Waals surface area contributed by atoms with Crippen LogP contribution < -0.4 is 10.1 Å². The van der Waals surface area contributed by atoms with Gasteiger partial charge in [-0.25, -0.2) is 4.39 Å². The molecule has 124 valence electrons.